The normalized spacial score (nSPS) is 12.6. The van der Waals surface area contributed by atoms with E-state index in [0.717, 1.165) is 0 Å². The lowest BCUT2D eigenvalue weighted by Crippen LogP contribution is -2.54. The van der Waals surface area contributed by atoms with Gasteiger partial charge in [0.25, 0.3) is 0 Å². The molecule has 148 valence electrons. The van der Waals surface area contributed by atoms with Crippen LogP contribution in [0.15, 0.2) is 60.7 Å². The van der Waals surface area contributed by atoms with Crippen LogP contribution in [-0.2, 0) is 9.59 Å². The minimum absolute atomic E-state index is 0.222. The lowest BCUT2D eigenvalue weighted by atomic mass is 10.0. The Kier molecular flexibility index (Phi) is 7.56. The Morgan fingerprint density at radius 3 is 1.75 bits per heavy atom. The van der Waals surface area contributed by atoms with Crippen LogP contribution in [-0.4, -0.2) is 30.1 Å². The van der Waals surface area contributed by atoms with Crippen LogP contribution in [0.25, 0.3) is 0 Å². The molecule has 0 fully saturated rings. The van der Waals surface area contributed by atoms with Crippen molar-refractivity contribution in [3.05, 3.63) is 60.7 Å². The van der Waals surface area contributed by atoms with Crippen LogP contribution in [0.5, 0.6) is 11.5 Å². The van der Waals surface area contributed by atoms with E-state index in [4.69, 9.17) is 9.47 Å². The van der Waals surface area contributed by atoms with Crippen molar-refractivity contribution in [1.29, 1.82) is 0 Å². The van der Waals surface area contributed by atoms with Gasteiger partial charge in [-0.1, -0.05) is 50.2 Å². The second kappa shape index (κ2) is 10.1. The van der Waals surface area contributed by atoms with Gasteiger partial charge in [-0.2, -0.15) is 0 Å². The highest BCUT2D eigenvalue weighted by atomic mass is 16.6. The average molecular weight is 384 g/mol. The van der Waals surface area contributed by atoms with Crippen molar-refractivity contribution in [3.8, 4) is 11.5 Å². The molecule has 0 aromatic heterocycles. The number of nitrogens with one attached hydrogen (secondary N) is 2. The van der Waals surface area contributed by atoms with E-state index >= 15 is 0 Å². The smallest absolute Gasteiger partial charge is 0.413 e. The summed E-state index contributed by atoms with van der Waals surface area (Å²) in [5.41, 5.74) is 0. The predicted octanol–water partition coefficient (Wildman–Crippen LogP) is 2.91. The molecule has 0 saturated heterocycles. The molecule has 0 spiro atoms. The summed E-state index contributed by atoms with van der Waals surface area (Å²) < 4.78 is 10.4. The molecule has 28 heavy (non-hydrogen) atoms. The maximum atomic E-state index is 12.6. The zero-order valence-electron chi connectivity index (χ0n) is 16.0. The van der Waals surface area contributed by atoms with Gasteiger partial charge in [-0.25, -0.2) is 9.59 Å². The van der Waals surface area contributed by atoms with Crippen LogP contribution >= 0.6 is 0 Å². The molecule has 2 aromatic carbocycles. The van der Waals surface area contributed by atoms with E-state index in [1.165, 1.54) is 6.92 Å². The van der Waals surface area contributed by atoms with Crippen LogP contribution in [0.2, 0.25) is 0 Å². The van der Waals surface area contributed by atoms with Crippen molar-refractivity contribution in [3.63, 3.8) is 0 Å². The molecule has 2 N–H and O–H groups in total. The number of benzene rings is 2. The summed E-state index contributed by atoms with van der Waals surface area (Å²) in [6.07, 6.45) is -0.750. The predicted molar refractivity (Wildman–Crippen MR) is 104 cm³/mol. The monoisotopic (exact) mass is 384 g/mol. The topological polar surface area (TPSA) is 93.7 Å². The van der Waals surface area contributed by atoms with Gasteiger partial charge in [0.05, 0.1) is 0 Å². The second-order valence-electron chi connectivity index (χ2n) is 6.53. The number of ether oxygens (including phenoxy) is 2. The van der Waals surface area contributed by atoms with E-state index in [1.54, 1.807) is 74.5 Å². The highest BCUT2D eigenvalue weighted by Gasteiger charge is 2.28. The SMILES string of the molecule is CC(NC(=O)[C@@H](NC(=O)Oc1ccccc1)C(C)C)C(=O)Oc1ccccc1. The third kappa shape index (κ3) is 6.42. The molecule has 7 heteroatoms. The number of carbonyl (C=O) groups is 3. The summed E-state index contributed by atoms with van der Waals surface area (Å²) >= 11 is 0. The van der Waals surface area contributed by atoms with Crippen LogP contribution in [0.4, 0.5) is 4.79 Å². The number of hydrogen-bond donors (Lipinski definition) is 2. The number of hydrogen-bond acceptors (Lipinski definition) is 5. The Balaban J connectivity index is 1.92. The van der Waals surface area contributed by atoms with Gasteiger partial charge in [-0.15, -0.1) is 0 Å². The fourth-order valence-corrected chi connectivity index (χ4v) is 2.34. The molecule has 7 nitrogen and oxygen atoms in total. The molecule has 0 radical (unpaired) electrons. The molecular weight excluding hydrogens is 360 g/mol. The molecule has 0 aliphatic rings. The van der Waals surface area contributed by atoms with Crippen LogP contribution in [0.3, 0.4) is 0 Å². The van der Waals surface area contributed by atoms with Crippen molar-refractivity contribution in [1.82, 2.24) is 10.6 Å². The molecule has 0 heterocycles. The van der Waals surface area contributed by atoms with Crippen LogP contribution < -0.4 is 20.1 Å². The summed E-state index contributed by atoms with van der Waals surface area (Å²) in [6.45, 7) is 5.07. The maximum Gasteiger partial charge on any atom is 0.413 e. The van der Waals surface area contributed by atoms with E-state index in [-0.39, 0.29) is 5.92 Å². The second-order valence-corrected chi connectivity index (χ2v) is 6.53. The van der Waals surface area contributed by atoms with Gasteiger partial charge in [0.1, 0.15) is 23.6 Å². The lowest BCUT2D eigenvalue weighted by molar-refractivity contribution is -0.139. The van der Waals surface area contributed by atoms with Gasteiger partial charge in [-0.3, -0.25) is 4.79 Å². The van der Waals surface area contributed by atoms with Gasteiger partial charge in [-0.05, 0) is 37.1 Å². The molecule has 0 aliphatic carbocycles. The highest BCUT2D eigenvalue weighted by molar-refractivity contribution is 5.90. The number of para-hydroxylation sites is 2. The highest BCUT2D eigenvalue weighted by Crippen LogP contribution is 2.11. The third-order valence-electron chi connectivity index (χ3n) is 3.85. The molecule has 2 rings (SSSR count). The summed E-state index contributed by atoms with van der Waals surface area (Å²) in [6, 6.07) is 15.3. The molecule has 0 bridgehead atoms. The van der Waals surface area contributed by atoms with E-state index < -0.39 is 30.1 Å². The molecule has 0 saturated carbocycles. The Morgan fingerprint density at radius 1 is 0.750 bits per heavy atom. The van der Waals surface area contributed by atoms with Gasteiger partial charge in [0.2, 0.25) is 5.91 Å². The van der Waals surface area contributed by atoms with Gasteiger partial charge >= 0.3 is 12.1 Å². The first kappa shape index (κ1) is 21.0. The average Bonchev–Trinajstić information content (AvgIpc) is 2.67. The van der Waals surface area contributed by atoms with Crippen molar-refractivity contribution < 1.29 is 23.9 Å². The zero-order valence-corrected chi connectivity index (χ0v) is 16.0. The van der Waals surface area contributed by atoms with Crippen LogP contribution in [0.1, 0.15) is 20.8 Å². The molecule has 2 amide bonds. The molecule has 1 unspecified atom stereocenters. The molecule has 2 atom stereocenters. The zero-order chi connectivity index (χ0) is 20.5. The molecule has 0 aliphatic heterocycles. The van der Waals surface area contributed by atoms with Crippen LogP contribution in [0, 0.1) is 5.92 Å². The first-order chi connectivity index (χ1) is 13.4. The maximum absolute atomic E-state index is 12.6. The largest absolute Gasteiger partial charge is 0.425 e. The fraction of sp³-hybridized carbons (Fsp3) is 0.286. The first-order valence-electron chi connectivity index (χ1n) is 8.97. The Bertz CT molecular complexity index is 793. The van der Waals surface area contributed by atoms with Crippen molar-refractivity contribution in [2.24, 2.45) is 5.92 Å². The third-order valence-corrected chi connectivity index (χ3v) is 3.85. The van der Waals surface area contributed by atoms with Gasteiger partial charge in [0.15, 0.2) is 0 Å². The van der Waals surface area contributed by atoms with E-state index in [1.807, 2.05) is 0 Å². The summed E-state index contributed by atoms with van der Waals surface area (Å²) in [4.78, 5) is 36.8. The minimum atomic E-state index is -0.888. The van der Waals surface area contributed by atoms with E-state index in [9.17, 15) is 14.4 Å². The Labute approximate surface area is 164 Å². The molecule has 2 aromatic rings. The Morgan fingerprint density at radius 2 is 1.25 bits per heavy atom. The summed E-state index contributed by atoms with van der Waals surface area (Å²) in [7, 11) is 0. The van der Waals surface area contributed by atoms with Crippen molar-refractivity contribution in [2.45, 2.75) is 32.9 Å². The van der Waals surface area contributed by atoms with Gasteiger partial charge in [0, 0.05) is 0 Å². The molecular formula is C21H24N2O5. The van der Waals surface area contributed by atoms with E-state index in [2.05, 4.69) is 10.6 Å². The van der Waals surface area contributed by atoms with Crippen molar-refractivity contribution in [2.75, 3.05) is 0 Å². The number of esters is 1. The quantitative estimate of drug-likeness (QED) is 0.565. The van der Waals surface area contributed by atoms with E-state index in [0.29, 0.717) is 11.5 Å². The first-order valence-corrected chi connectivity index (χ1v) is 8.97. The summed E-state index contributed by atoms with van der Waals surface area (Å²) in [5, 5.41) is 5.10. The number of rotatable bonds is 7. The minimum Gasteiger partial charge on any atom is -0.425 e. The van der Waals surface area contributed by atoms with Crippen molar-refractivity contribution >= 4 is 18.0 Å². The van der Waals surface area contributed by atoms with Gasteiger partial charge < -0.3 is 20.1 Å². The lowest BCUT2D eigenvalue weighted by Gasteiger charge is -2.23. The summed E-state index contributed by atoms with van der Waals surface area (Å²) in [5.74, 6) is -0.576. The number of amides is 2. The standard InChI is InChI=1S/C21H24N2O5/c1-14(2)18(23-21(26)28-17-12-8-5-9-13-17)19(24)22-15(3)20(25)27-16-10-6-4-7-11-16/h4-15,18H,1-3H3,(H,22,24)(H,23,26)/t15?,18-/m0/s1. The Hall–Kier alpha value is -3.35. The fourth-order valence-electron chi connectivity index (χ4n) is 2.34. The number of carbonyl (C=O) groups excluding carboxylic acids is 3.